The molecule has 1 aliphatic heterocycles. The molecule has 0 atom stereocenters. The Morgan fingerprint density at radius 3 is 2.94 bits per heavy atom. The standard InChI is InChI=1S/C12H13N3O2/c16-11-4-2-1-3-9(11)15-10-7-13-6-5-8(10)12(17)14-15/h1-4,13,16H,5-7H2,(H,14,17). The smallest absolute Gasteiger partial charge is 0.267 e. The van der Waals surface area contributed by atoms with Crippen molar-refractivity contribution < 1.29 is 5.11 Å². The molecule has 0 saturated carbocycles. The van der Waals surface area contributed by atoms with Crippen LogP contribution in [0.3, 0.4) is 0 Å². The Bertz CT molecular complexity index is 612. The van der Waals surface area contributed by atoms with Crippen molar-refractivity contribution in [3.63, 3.8) is 0 Å². The number of phenolic OH excluding ortho intramolecular Hbond substituents is 1. The van der Waals surface area contributed by atoms with Crippen molar-refractivity contribution in [2.45, 2.75) is 13.0 Å². The van der Waals surface area contributed by atoms with Gasteiger partial charge >= 0.3 is 0 Å². The number of H-pyrrole nitrogens is 1. The van der Waals surface area contributed by atoms with Crippen molar-refractivity contribution in [3.05, 3.63) is 45.9 Å². The molecule has 0 bridgehead atoms. The highest BCUT2D eigenvalue weighted by molar-refractivity contribution is 5.46. The van der Waals surface area contributed by atoms with Gasteiger partial charge in [0.15, 0.2) is 0 Å². The van der Waals surface area contributed by atoms with E-state index >= 15 is 0 Å². The molecule has 0 saturated heterocycles. The molecule has 0 aliphatic carbocycles. The van der Waals surface area contributed by atoms with E-state index in [1.807, 2.05) is 6.07 Å². The Labute approximate surface area is 97.7 Å². The molecule has 5 heteroatoms. The van der Waals surface area contributed by atoms with Crippen LogP contribution in [-0.4, -0.2) is 21.4 Å². The molecule has 5 nitrogen and oxygen atoms in total. The van der Waals surface area contributed by atoms with Crippen molar-refractivity contribution >= 4 is 0 Å². The first-order valence-electron chi connectivity index (χ1n) is 5.59. The molecule has 88 valence electrons. The number of hydrogen-bond donors (Lipinski definition) is 3. The van der Waals surface area contributed by atoms with Crippen LogP contribution in [0.4, 0.5) is 0 Å². The minimum Gasteiger partial charge on any atom is -0.506 e. The largest absolute Gasteiger partial charge is 0.506 e. The lowest BCUT2D eigenvalue weighted by Gasteiger charge is -2.15. The van der Waals surface area contributed by atoms with Crippen molar-refractivity contribution in [2.75, 3.05) is 6.54 Å². The van der Waals surface area contributed by atoms with Crippen molar-refractivity contribution in [1.82, 2.24) is 15.1 Å². The van der Waals surface area contributed by atoms with Crippen LogP contribution in [0.15, 0.2) is 29.1 Å². The first-order valence-corrected chi connectivity index (χ1v) is 5.59. The van der Waals surface area contributed by atoms with Crippen LogP contribution < -0.4 is 10.9 Å². The number of hydrogen-bond acceptors (Lipinski definition) is 3. The maximum Gasteiger partial charge on any atom is 0.267 e. The van der Waals surface area contributed by atoms with E-state index in [0.717, 1.165) is 24.2 Å². The van der Waals surface area contributed by atoms with E-state index in [9.17, 15) is 9.90 Å². The van der Waals surface area contributed by atoms with Crippen LogP contribution >= 0.6 is 0 Å². The third-order valence-electron chi connectivity index (χ3n) is 3.07. The molecule has 2 aromatic rings. The van der Waals surface area contributed by atoms with Gasteiger partial charge in [-0.25, -0.2) is 0 Å². The molecule has 1 aliphatic rings. The van der Waals surface area contributed by atoms with Gasteiger partial charge in [-0.05, 0) is 25.1 Å². The topological polar surface area (TPSA) is 70.0 Å². The van der Waals surface area contributed by atoms with Gasteiger partial charge < -0.3 is 10.4 Å². The summed E-state index contributed by atoms with van der Waals surface area (Å²) in [5.74, 6) is 0.159. The highest BCUT2D eigenvalue weighted by atomic mass is 16.3. The molecule has 1 aromatic carbocycles. The number of benzene rings is 1. The van der Waals surface area contributed by atoms with Gasteiger partial charge in [0.1, 0.15) is 11.4 Å². The van der Waals surface area contributed by atoms with Gasteiger partial charge in [0, 0.05) is 12.1 Å². The Morgan fingerprint density at radius 1 is 1.29 bits per heavy atom. The minimum absolute atomic E-state index is 0.0650. The fourth-order valence-corrected chi connectivity index (χ4v) is 2.23. The SMILES string of the molecule is O=c1[nH]n(-c2ccccc2O)c2c1CCNC2. The number of para-hydroxylation sites is 2. The number of nitrogens with zero attached hydrogens (tertiary/aromatic N) is 1. The quantitative estimate of drug-likeness (QED) is 0.670. The Morgan fingerprint density at radius 2 is 2.12 bits per heavy atom. The molecule has 0 unspecified atom stereocenters. The van der Waals surface area contributed by atoms with Crippen molar-refractivity contribution in [3.8, 4) is 11.4 Å². The van der Waals surface area contributed by atoms with E-state index in [0.29, 0.717) is 12.2 Å². The zero-order valence-corrected chi connectivity index (χ0v) is 9.23. The third kappa shape index (κ3) is 1.55. The molecule has 0 fully saturated rings. The zero-order chi connectivity index (χ0) is 11.8. The Hall–Kier alpha value is -2.01. The number of aromatic nitrogens is 2. The summed E-state index contributed by atoms with van der Waals surface area (Å²) in [6.45, 7) is 1.46. The van der Waals surface area contributed by atoms with Gasteiger partial charge in [-0.3, -0.25) is 14.6 Å². The summed E-state index contributed by atoms with van der Waals surface area (Å²) in [6.07, 6.45) is 0.727. The van der Waals surface area contributed by atoms with Gasteiger partial charge in [-0.15, -0.1) is 0 Å². The van der Waals surface area contributed by atoms with Crippen LogP contribution in [0.1, 0.15) is 11.3 Å². The van der Waals surface area contributed by atoms with Gasteiger partial charge in [0.05, 0.1) is 5.69 Å². The molecule has 0 spiro atoms. The molecule has 0 radical (unpaired) electrons. The van der Waals surface area contributed by atoms with E-state index in [4.69, 9.17) is 0 Å². The fraction of sp³-hybridized carbons (Fsp3) is 0.250. The van der Waals surface area contributed by atoms with Gasteiger partial charge in [0.2, 0.25) is 0 Å². The number of aromatic amines is 1. The summed E-state index contributed by atoms with van der Waals surface area (Å²) in [6, 6.07) is 6.97. The van der Waals surface area contributed by atoms with Gasteiger partial charge in [-0.1, -0.05) is 12.1 Å². The predicted molar refractivity (Wildman–Crippen MR) is 63.5 cm³/mol. The van der Waals surface area contributed by atoms with E-state index < -0.39 is 0 Å². The first kappa shape index (κ1) is 10.2. The molecule has 3 N–H and O–H groups in total. The molecular formula is C12H13N3O2. The number of aromatic hydroxyl groups is 1. The third-order valence-corrected chi connectivity index (χ3v) is 3.07. The maximum absolute atomic E-state index is 11.8. The number of fused-ring (bicyclic) bond motifs is 1. The monoisotopic (exact) mass is 231 g/mol. The molecule has 17 heavy (non-hydrogen) atoms. The first-order chi connectivity index (χ1) is 8.27. The summed E-state index contributed by atoms with van der Waals surface area (Å²) < 4.78 is 1.67. The molecule has 2 heterocycles. The summed E-state index contributed by atoms with van der Waals surface area (Å²) in [4.78, 5) is 11.8. The fourth-order valence-electron chi connectivity index (χ4n) is 2.23. The predicted octanol–water partition coefficient (Wildman–Crippen LogP) is 0.517. The second-order valence-electron chi connectivity index (χ2n) is 4.12. The highest BCUT2D eigenvalue weighted by Crippen LogP contribution is 2.22. The molecular weight excluding hydrogens is 218 g/mol. The lowest BCUT2D eigenvalue weighted by atomic mass is 10.1. The van der Waals surface area contributed by atoms with Gasteiger partial charge in [0.25, 0.3) is 5.56 Å². The van der Waals surface area contributed by atoms with Crippen LogP contribution in [0.25, 0.3) is 5.69 Å². The average molecular weight is 231 g/mol. The normalized spacial score (nSPS) is 14.6. The van der Waals surface area contributed by atoms with E-state index in [1.54, 1.807) is 22.9 Å². The lowest BCUT2D eigenvalue weighted by molar-refractivity contribution is 0.468. The number of phenols is 1. The molecule has 3 rings (SSSR count). The van der Waals surface area contributed by atoms with Crippen molar-refractivity contribution in [1.29, 1.82) is 0 Å². The van der Waals surface area contributed by atoms with Crippen molar-refractivity contribution in [2.24, 2.45) is 0 Å². The summed E-state index contributed by atoms with van der Waals surface area (Å²) in [5.41, 5.74) is 2.26. The van der Waals surface area contributed by atoms with Crippen LogP contribution in [0, 0.1) is 0 Å². The lowest BCUT2D eigenvalue weighted by Crippen LogP contribution is -2.26. The average Bonchev–Trinajstić information content (AvgIpc) is 2.68. The van der Waals surface area contributed by atoms with Crippen LogP contribution in [0.2, 0.25) is 0 Å². The summed E-state index contributed by atoms with van der Waals surface area (Å²) in [7, 11) is 0. The molecule has 1 aromatic heterocycles. The van der Waals surface area contributed by atoms with E-state index in [2.05, 4.69) is 10.4 Å². The van der Waals surface area contributed by atoms with E-state index in [-0.39, 0.29) is 11.3 Å². The Kier molecular flexibility index (Phi) is 2.26. The van der Waals surface area contributed by atoms with E-state index in [1.165, 1.54) is 0 Å². The molecule has 0 amide bonds. The van der Waals surface area contributed by atoms with Crippen LogP contribution in [0.5, 0.6) is 5.75 Å². The minimum atomic E-state index is -0.0650. The van der Waals surface area contributed by atoms with Crippen LogP contribution in [-0.2, 0) is 13.0 Å². The van der Waals surface area contributed by atoms with Gasteiger partial charge in [-0.2, -0.15) is 0 Å². The zero-order valence-electron chi connectivity index (χ0n) is 9.23. The second kappa shape index (κ2) is 3.78. The number of nitrogens with one attached hydrogen (secondary N) is 2. The Balaban J connectivity index is 2.22. The maximum atomic E-state index is 11.8. The second-order valence-corrected chi connectivity index (χ2v) is 4.12. The summed E-state index contributed by atoms with van der Waals surface area (Å²) >= 11 is 0. The summed E-state index contributed by atoms with van der Waals surface area (Å²) in [5, 5.41) is 15.8. The highest BCUT2D eigenvalue weighted by Gasteiger charge is 2.19. The number of rotatable bonds is 1.